The number of rotatable bonds is 5. The van der Waals surface area contributed by atoms with Crippen LogP contribution in [0.15, 0.2) is 47.6 Å². The van der Waals surface area contributed by atoms with Crippen molar-refractivity contribution >= 4 is 23.7 Å². The summed E-state index contributed by atoms with van der Waals surface area (Å²) in [5.74, 6) is 0.791. The average Bonchev–Trinajstić information content (AvgIpc) is 2.54. The summed E-state index contributed by atoms with van der Waals surface area (Å²) in [4.78, 5) is 11.9. The van der Waals surface area contributed by atoms with E-state index in [2.05, 4.69) is 10.5 Å². The number of hydrazone groups is 1. The molecule has 2 aromatic carbocycles. The van der Waals surface area contributed by atoms with Crippen LogP contribution in [0.1, 0.15) is 15.9 Å². The van der Waals surface area contributed by atoms with Gasteiger partial charge in [0.05, 0.1) is 20.4 Å². The van der Waals surface area contributed by atoms with Gasteiger partial charge in [-0.15, -0.1) is 0 Å². The predicted octanol–water partition coefficient (Wildman–Crippen LogP) is 3.12. The first-order valence-corrected chi connectivity index (χ1v) is 6.83. The quantitative estimate of drug-likeness (QED) is 0.680. The summed E-state index contributed by atoms with van der Waals surface area (Å²) in [6, 6.07) is 12.0. The van der Waals surface area contributed by atoms with Crippen LogP contribution >= 0.6 is 11.6 Å². The molecule has 0 aliphatic heterocycles. The number of nitrogens with zero attached hydrogens (tertiary/aromatic N) is 1. The molecular weight excluding hydrogens is 304 g/mol. The van der Waals surface area contributed by atoms with Gasteiger partial charge in [-0.25, -0.2) is 5.43 Å². The lowest BCUT2D eigenvalue weighted by Gasteiger charge is -2.09. The number of halogens is 1. The molecule has 0 heterocycles. The highest BCUT2D eigenvalue weighted by Gasteiger charge is 2.08. The Bertz CT molecular complexity index is 702. The topological polar surface area (TPSA) is 59.9 Å². The number of carbonyl (C=O) groups is 1. The van der Waals surface area contributed by atoms with Crippen molar-refractivity contribution in [2.45, 2.75) is 0 Å². The van der Waals surface area contributed by atoms with Crippen LogP contribution in [0.2, 0.25) is 5.02 Å². The van der Waals surface area contributed by atoms with Crippen molar-refractivity contribution in [3.05, 3.63) is 58.6 Å². The zero-order valence-corrected chi connectivity index (χ0v) is 12.9. The molecule has 5 nitrogen and oxygen atoms in total. The van der Waals surface area contributed by atoms with Crippen LogP contribution in [0, 0.1) is 0 Å². The van der Waals surface area contributed by atoms with Gasteiger partial charge in [0.15, 0.2) is 11.5 Å². The molecule has 114 valence electrons. The fraction of sp³-hybridized carbons (Fsp3) is 0.125. The second kappa shape index (κ2) is 7.47. The minimum Gasteiger partial charge on any atom is -0.493 e. The molecule has 0 saturated heterocycles. The van der Waals surface area contributed by atoms with Gasteiger partial charge in [-0.05, 0) is 30.3 Å². The predicted molar refractivity (Wildman–Crippen MR) is 86.1 cm³/mol. The Balaban J connectivity index is 2.11. The second-order valence-electron chi connectivity index (χ2n) is 4.29. The van der Waals surface area contributed by atoms with E-state index in [1.165, 1.54) is 6.21 Å². The number of hydrogen-bond acceptors (Lipinski definition) is 4. The van der Waals surface area contributed by atoms with Gasteiger partial charge in [0.25, 0.3) is 5.91 Å². The van der Waals surface area contributed by atoms with Gasteiger partial charge < -0.3 is 9.47 Å². The van der Waals surface area contributed by atoms with Crippen molar-refractivity contribution in [3.8, 4) is 11.5 Å². The lowest BCUT2D eigenvalue weighted by molar-refractivity contribution is 0.0955. The first-order chi connectivity index (χ1) is 10.7. The summed E-state index contributed by atoms with van der Waals surface area (Å²) in [7, 11) is 3.10. The van der Waals surface area contributed by atoms with Gasteiger partial charge in [0.1, 0.15) is 0 Å². The Labute approximate surface area is 133 Å². The molecule has 0 aromatic heterocycles. The number of amides is 1. The highest BCUT2D eigenvalue weighted by molar-refractivity contribution is 6.30. The number of benzene rings is 2. The summed E-state index contributed by atoms with van der Waals surface area (Å²) >= 11 is 5.84. The molecule has 0 unspecified atom stereocenters. The van der Waals surface area contributed by atoms with Crippen molar-refractivity contribution in [2.24, 2.45) is 5.10 Å². The Morgan fingerprint density at radius 1 is 1.18 bits per heavy atom. The molecule has 0 bridgehead atoms. The van der Waals surface area contributed by atoms with E-state index in [0.717, 1.165) is 0 Å². The number of ether oxygens (including phenoxy) is 2. The molecular formula is C16H15ClN2O3. The highest BCUT2D eigenvalue weighted by Crippen LogP contribution is 2.29. The van der Waals surface area contributed by atoms with E-state index in [9.17, 15) is 4.79 Å². The maximum atomic E-state index is 11.9. The Morgan fingerprint density at radius 2 is 1.95 bits per heavy atom. The zero-order chi connectivity index (χ0) is 15.9. The molecule has 0 spiro atoms. The van der Waals surface area contributed by atoms with Gasteiger partial charge in [-0.2, -0.15) is 5.10 Å². The molecule has 0 atom stereocenters. The van der Waals surface area contributed by atoms with E-state index in [1.807, 2.05) is 6.07 Å². The van der Waals surface area contributed by atoms with Gasteiger partial charge in [-0.3, -0.25) is 4.79 Å². The summed E-state index contributed by atoms with van der Waals surface area (Å²) in [6.45, 7) is 0. The minimum absolute atomic E-state index is 0.347. The van der Waals surface area contributed by atoms with E-state index in [4.69, 9.17) is 21.1 Å². The molecule has 1 N–H and O–H groups in total. The second-order valence-corrected chi connectivity index (χ2v) is 4.73. The van der Waals surface area contributed by atoms with Crippen LogP contribution in [-0.4, -0.2) is 26.3 Å². The largest absolute Gasteiger partial charge is 0.493 e. The maximum absolute atomic E-state index is 11.9. The Morgan fingerprint density at radius 3 is 2.64 bits per heavy atom. The molecule has 22 heavy (non-hydrogen) atoms. The number of methoxy groups -OCH3 is 2. The molecule has 0 radical (unpaired) electrons. The van der Waals surface area contributed by atoms with E-state index in [0.29, 0.717) is 27.6 Å². The van der Waals surface area contributed by atoms with Crippen LogP contribution in [0.25, 0.3) is 0 Å². The van der Waals surface area contributed by atoms with E-state index in [-0.39, 0.29) is 5.91 Å². The summed E-state index contributed by atoms with van der Waals surface area (Å²) in [5.41, 5.74) is 3.56. The summed E-state index contributed by atoms with van der Waals surface area (Å²) in [5, 5.41) is 4.42. The highest BCUT2D eigenvalue weighted by atomic mass is 35.5. The van der Waals surface area contributed by atoms with Gasteiger partial charge in [0.2, 0.25) is 0 Å². The van der Waals surface area contributed by atoms with E-state index < -0.39 is 0 Å². The SMILES string of the molecule is COc1cccc(/C=N/NC(=O)c2cccc(Cl)c2)c1OC. The summed E-state index contributed by atoms with van der Waals surface area (Å²) < 4.78 is 10.5. The van der Waals surface area contributed by atoms with Crippen LogP contribution in [-0.2, 0) is 0 Å². The molecule has 0 saturated carbocycles. The first-order valence-electron chi connectivity index (χ1n) is 6.45. The monoisotopic (exact) mass is 318 g/mol. The average molecular weight is 319 g/mol. The standard InChI is InChI=1S/C16H15ClN2O3/c1-21-14-8-4-6-12(15(14)22-2)10-18-19-16(20)11-5-3-7-13(17)9-11/h3-10H,1-2H3,(H,19,20)/b18-10+. The fourth-order valence-electron chi connectivity index (χ4n) is 1.87. The smallest absolute Gasteiger partial charge is 0.271 e. The lowest BCUT2D eigenvalue weighted by Crippen LogP contribution is -2.17. The minimum atomic E-state index is -0.347. The molecule has 2 rings (SSSR count). The van der Waals surface area contributed by atoms with Crippen LogP contribution in [0.5, 0.6) is 11.5 Å². The third-order valence-corrected chi connectivity index (χ3v) is 3.13. The van der Waals surface area contributed by atoms with Crippen LogP contribution in [0.4, 0.5) is 0 Å². The van der Waals surface area contributed by atoms with Gasteiger partial charge in [-0.1, -0.05) is 23.7 Å². The Kier molecular flexibility index (Phi) is 5.38. The molecule has 2 aromatic rings. The van der Waals surface area contributed by atoms with E-state index >= 15 is 0 Å². The lowest BCUT2D eigenvalue weighted by atomic mass is 10.2. The third-order valence-electron chi connectivity index (χ3n) is 2.89. The number of para-hydroxylation sites is 1. The number of nitrogens with one attached hydrogen (secondary N) is 1. The van der Waals surface area contributed by atoms with Crippen molar-refractivity contribution in [3.63, 3.8) is 0 Å². The van der Waals surface area contributed by atoms with Crippen molar-refractivity contribution in [2.75, 3.05) is 14.2 Å². The van der Waals surface area contributed by atoms with Crippen molar-refractivity contribution in [1.29, 1.82) is 0 Å². The zero-order valence-electron chi connectivity index (χ0n) is 12.2. The van der Waals surface area contributed by atoms with Crippen LogP contribution in [0.3, 0.4) is 0 Å². The van der Waals surface area contributed by atoms with Gasteiger partial charge in [0, 0.05) is 16.1 Å². The van der Waals surface area contributed by atoms with Crippen molar-refractivity contribution < 1.29 is 14.3 Å². The molecule has 0 fully saturated rings. The fourth-order valence-corrected chi connectivity index (χ4v) is 2.06. The number of hydrogen-bond donors (Lipinski definition) is 1. The molecule has 1 amide bonds. The molecule has 0 aliphatic carbocycles. The number of carbonyl (C=O) groups excluding carboxylic acids is 1. The molecule has 6 heteroatoms. The third kappa shape index (κ3) is 3.77. The maximum Gasteiger partial charge on any atom is 0.271 e. The van der Waals surface area contributed by atoms with E-state index in [1.54, 1.807) is 50.6 Å². The van der Waals surface area contributed by atoms with Gasteiger partial charge >= 0.3 is 0 Å². The Hall–Kier alpha value is -2.53. The summed E-state index contributed by atoms with van der Waals surface area (Å²) in [6.07, 6.45) is 1.49. The van der Waals surface area contributed by atoms with Crippen LogP contribution < -0.4 is 14.9 Å². The normalized spacial score (nSPS) is 10.5. The molecule has 0 aliphatic rings. The van der Waals surface area contributed by atoms with Crippen molar-refractivity contribution in [1.82, 2.24) is 5.43 Å². The first kappa shape index (κ1) is 15.9.